The molecular formula is C21H20FN5OS. The van der Waals surface area contributed by atoms with E-state index in [-0.39, 0.29) is 5.82 Å². The molecule has 0 aliphatic carbocycles. The van der Waals surface area contributed by atoms with Crippen molar-refractivity contribution in [1.82, 2.24) is 15.0 Å². The number of aromatic nitrogens is 3. The highest BCUT2D eigenvalue weighted by atomic mass is 32.2. The second-order valence-corrected chi connectivity index (χ2v) is 9.61. The van der Waals surface area contributed by atoms with Gasteiger partial charge in [-0.05, 0) is 55.0 Å². The van der Waals surface area contributed by atoms with Gasteiger partial charge in [0.1, 0.15) is 5.82 Å². The van der Waals surface area contributed by atoms with Crippen molar-refractivity contribution in [3.8, 4) is 11.3 Å². The molecule has 4 aromatic rings. The van der Waals surface area contributed by atoms with Crippen LogP contribution in [0.1, 0.15) is 5.56 Å². The van der Waals surface area contributed by atoms with Gasteiger partial charge in [0.05, 0.1) is 11.4 Å². The van der Waals surface area contributed by atoms with Crippen molar-refractivity contribution in [2.24, 2.45) is 4.36 Å². The third-order valence-corrected chi connectivity index (χ3v) is 4.97. The molecule has 0 saturated heterocycles. The van der Waals surface area contributed by atoms with Crippen LogP contribution < -0.4 is 5.32 Å². The van der Waals surface area contributed by atoms with E-state index in [1.807, 2.05) is 25.3 Å². The number of halogens is 1. The highest BCUT2D eigenvalue weighted by Crippen LogP contribution is 2.30. The molecule has 148 valence electrons. The maximum atomic E-state index is 13.5. The van der Waals surface area contributed by atoms with Crippen LogP contribution in [0.5, 0.6) is 0 Å². The first-order chi connectivity index (χ1) is 13.8. The number of aryl methyl sites for hydroxylation is 1. The maximum absolute atomic E-state index is 13.5. The normalized spacial score (nSPS) is 11.6. The Balaban J connectivity index is 1.66. The monoisotopic (exact) mass is 409 g/mol. The third-order valence-electron chi connectivity index (χ3n) is 4.32. The number of nitrogens with one attached hydrogen (secondary N) is 2. The molecule has 0 bridgehead atoms. The molecule has 0 saturated carbocycles. The quantitative estimate of drug-likeness (QED) is 0.487. The van der Waals surface area contributed by atoms with Gasteiger partial charge in [-0.1, -0.05) is 0 Å². The Morgan fingerprint density at radius 1 is 1.14 bits per heavy atom. The van der Waals surface area contributed by atoms with Gasteiger partial charge in [-0.2, -0.15) is 4.36 Å². The number of rotatable bonds is 4. The first-order valence-electron chi connectivity index (χ1n) is 8.93. The number of nitrogens with zero attached hydrogens (tertiary/aromatic N) is 3. The average molecular weight is 409 g/mol. The number of fused-ring (bicyclic) bond motifs is 1. The summed E-state index contributed by atoms with van der Waals surface area (Å²) in [5.74, 6) is 0.159. The zero-order valence-electron chi connectivity index (χ0n) is 16.2. The molecule has 29 heavy (non-hydrogen) atoms. The van der Waals surface area contributed by atoms with Gasteiger partial charge in [-0.15, -0.1) is 0 Å². The van der Waals surface area contributed by atoms with Crippen molar-refractivity contribution >= 4 is 38.0 Å². The van der Waals surface area contributed by atoms with Gasteiger partial charge in [0.15, 0.2) is 0 Å². The first kappa shape index (κ1) is 19.1. The molecular weight excluding hydrogens is 389 g/mol. The van der Waals surface area contributed by atoms with E-state index in [1.54, 1.807) is 36.9 Å². The van der Waals surface area contributed by atoms with Gasteiger partial charge in [-0.25, -0.2) is 18.6 Å². The SMILES string of the molecule is Cc1cnc(Nc2ccc(N=S(C)(C)=O)cc2)nc1-c1c[nH]c2cc(F)ccc12. The number of benzene rings is 2. The molecule has 0 fully saturated rings. The molecule has 0 spiro atoms. The predicted octanol–water partition coefficient (Wildman–Crippen LogP) is 5.18. The maximum Gasteiger partial charge on any atom is 0.227 e. The lowest BCUT2D eigenvalue weighted by molar-refractivity contribution is 0.629. The molecule has 2 N–H and O–H groups in total. The molecule has 0 amide bonds. The fraction of sp³-hybridized carbons (Fsp3) is 0.143. The van der Waals surface area contributed by atoms with Crippen LogP contribution in [-0.2, 0) is 9.73 Å². The number of H-pyrrole nitrogens is 1. The van der Waals surface area contributed by atoms with Gasteiger partial charge < -0.3 is 10.3 Å². The van der Waals surface area contributed by atoms with Crippen LogP contribution in [0.3, 0.4) is 0 Å². The zero-order valence-corrected chi connectivity index (χ0v) is 17.0. The van der Waals surface area contributed by atoms with Crippen molar-refractivity contribution < 1.29 is 8.60 Å². The highest BCUT2D eigenvalue weighted by Gasteiger charge is 2.12. The number of aromatic amines is 1. The minimum atomic E-state index is -2.20. The van der Waals surface area contributed by atoms with Crippen molar-refractivity contribution in [1.29, 1.82) is 0 Å². The van der Waals surface area contributed by atoms with Gasteiger partial charge in [0.2, 0.25) is 5.95 Å². The summed E-state index contributed by atoms with van der Waals surface area (Å²) in [5, 5.41) is 4.07. The van der Waals surface area contributed by atoms with E-state index < -0.39 is 9.73 Å². The standard InChI is InChI=1S/C21H20FN5OS/c1-13-11-24-21(25-15-5-7-16(8-6-15)27-29(2,3)28)26-20(13)18-12-23-19-10-14(22)4-9-17(18)19/h4-12,23H,1-3H3,(H,24,25,26). The first-order valence-corrected chi connectivity index (χ1v) is 11.3. The average Bonchev–Trinajstić information content (AvgIpc) is 3.06. The minimum absolute atomic E-state index is 0.287. The summed E-state index contributed by atoms with van der Waals surface area (Å²) >= 11 is 0. The van der Waals surface area contributed by atoms with Crippen molar-refractivity contribution in [2.75, 3.05) is 17.8 Å². The van der Waals surface area contributed by atoms with Gasteiger partial charge in [0, 0.05) is 56.8 Å². The molecule has 2 aromatic heterocycles. The summed E-state index contributed by atoms with van der Waals surface area (Å²) in [6.45, 7) is 1.94. The van der Waals surface area contributed by atoms with E-state index in [1.165, 1.54) is 12.1 Å². The number of hydrogen-bond acceptors (Lipinski definition) is 5. The summed E-state index contributed by atoms with van der Waals surface area (Å²) in [6, 6.07) is 11.9. The van der Waals surface area contributed by atoms with E-state index >= 15 is 0 Å². The van der Waals surface area contributed by atoms with Crippen molar-refractivity contribution in [3.05, 3.63) is 66.2 Å². The smallest absolute Gasteiger partial charge is 0.227 e. The van der Waals surface area contributed by atoms with Crippen LogP contribution in [0.2, 0.25) is 0 Å². The predicted molar refractivity (Wildman–Crippen MR) is 116 cm³/mol. The van der Waals surface area contributed by atoms with Gasteiger partial charge in [-0.3, -0.25) is 0 Å². The summed E-state index contributed by atoms with van der Waals surface area (Å²) in [5.41, 5.74) is 4.73. The Morgan fingerprint density at radius 3 is 2.62 bits per heavy atom. The molecule has 0 aliphatic rings. The molecule has 0 atom stereocenters. The van der Waals surface area contributed by atoms with Crippen LogP contribution in [0.4, 0.5) is 21.7 Å². The molecule has 0 aliphatic heterocycles. The van der Waals surface area contributed by atoms with Crippen molar-refractivity contribution in [3.63, 3.8) is 0 Å². The third kappa shape index (κ3) is 4.27. The van der Waals surface area contributed by atoms with E-state index in [2.05, 4.69) is 24.6 Å². The minimum Gasteiger partial charge on any atom is -0.360 e. The lowest BCUT2D eigenvalue weighted by Crippen LogP contribution is -1.99. The Bertz CT molecular complexity index is 1310. The van der Waals surface area contributed by atoms with Crippen LogP contribution in [0.15, 0.2) is 59.2 Å². The zero-order chi connectivity index (χ0) is 20.6. The van der Waals surface area contributed by atoms with E-state index in [9.17, 15) is 8.60 Å². The molecule has 6 nitrogen and oxygen atoms in total. The summed E-state index contributed by atoms with van der Waals surface area (Å²) < 4.78 is 29.4. The second kappa shape index (κ2) is 7.29. The molecule has 8 heteroatoms. The topological polar surface area (TPSA) is 83.0 Å². The highest BCUT2D eigenvalue weighted by molar-refractivity contribution is 7.92. The van der Waals surface area contributed by atoms with Crippen LogP contribution in [0.25, 0.3) is 22.2 Å². The van der Waals surface area contributed by atoms with Gasteiger partial charge >= 0.3 is 0 Å². The van der Waals surface area contributed by atoms with Crippen LogP contribution in [-0.4, -0.2) is 31.7 Å². The molecule has 0 unspecified atom stereocenters. The van der Waals surface area contributed by atoms with Crippen LogP contribution >= 0.6 is 0 Å². The van der Waals surface area contributed by atoms with E-state index in [0.29, 0.717) is 11.6 Å². The Morgan fingerprint density at radius 2 is 1.90 bits per heavy atom. The van der Waals surface area contributed by atoms with Gasteiger partial charge in [0.25, 0.3) is 0 Å². The molecule has 0 radical (unpaired) electrons. The number of hydrogen-bond donors (Lipinski definition) is 2. The Labute approximate surface area is 168 Å². The second-order valence-electron chi connectivity index (χ2n) is 7.06. The summed E-state index contributed by atoms with van der Waals surface area (Å²) in [7, 11) is -2.20. The Kier molecular flexibility index (Phi) is 4.79. The molecule has 4 rings (SSSR count). The fourth-order valence-electron chi connectivity index (χ4n) is 3.06. The largest absolute Gasteiger partial charge is 0.360 e. The fourth-order valence-corrected chi connectivity index (χ4v) is 3.69. The summed E-state index contributed by atoms with van der Waals surface area (Å²) in [4.78, 5) is 12.1. The van der Waals surface area contributed by atoms with Crippen LogP contribution in [0, 0.1) is 12.7 Å². The lowest BCUT2D eigenvalue weighted by Gasteiger charge is -2.09. The van der Waals surface area contributed by atoms with E-state index in [4.69, 9.17) is 0 Å². The summed E-state index contributed by atoms with van der Waals surface area (Å²) in [6.07, 6.45) is 6.77. The Hall–Kier alpha value is -3.26. The molecule has 2 aromatic carbocycles. The molecule has 2 heterocycles. The lowest BCUT2D eigenvalue weighted by atomic mass is 10.1. The van der Waals surface area contributed by atoms with E-state index in [0.717, 1.165) is 33.4 Å². The van der Waals surface area contributed by atoms with Crippen molar-refractivity contribution in [2.45, 2.75) is 6.92 Å². The number of anilines is 2.